The van der Waals surface area contributed by atoms with Gasteiger partial charge in [0.25, 0.3) is 5.91 Å². The molecule has 1 aromatic carbocycles. The molecule has 26 heavy (non-hydrogen) atoms. The molecule has 2 heterocycles. The number of carbonyl (C=O) groups is 1. The molecule has 0 radical (unpaired) electrons. The summed E-state index contributed by atoms with van der Waals surface area (Å²) in [7, 11) is 3.86. The maximum absolute atomic E-state index is 12.1. The van der Waals surface area contributed by atoms with Crippen molar-refractivity contribution in [2.75, 3.05) is 29.6 Å². The molecule has 0 fully saturated rings. The SMILES string of the molecule is Cc1nc(Nc2ccc(NC(=O)c3cc(C)on3)cc2)cc(N(C)C)n1. The number of aromatic nitrogens is 3. The highest BCUT2D eigenvalue weighted by molar-refractivity contribution is 6.02. The minimum atomic E-state index is -0.315. The van der Waals surface area contributed by atoms with E-state index in [2.05, 4.69) is 25.8 Å². The normalized spacial score (nSPS) is 10.5. The molecule has 0 aliphatic heterocycles. The number of carbonyl (C=O) groups excluding carboxylic acids is 1. The number of nitrogens with zero attached hydrogens (tertiary/aromatic N) is 4. The van der Waals surface area contributed by atoms with E-state index in [9.17, 15) is 4.79 Å². The third-order valence-corrected chi connectivity index (χ3v) is 3.56. The van der Waals surface area contributed by atoms with Crippen molar-refractivity contribution in [3.05, 3.63) is 53.7 Å². The van der Waals surface area contributed by atoms with Crippen LogP contribution in [0.3, 0.4) is 0 Å². The van der Waals surface area contributed by atoms with Crippen LogP contribution < -0.4 is 15.5 Å². The summed E-state index contributed by atoms with van der Waals surface area (Å²) in [5.41, 5.74) is 1.76. The summed E-state index contributed by atoms with van der Waals surface area (Å²) < 4.78 is 4.91. The molecule has 0 aliphatic rings. The minimum absolute atomic E-state index is 0.248. The molecule has 0 spiro atoms. The second kappa shape index (κ2) is 7.22. The van der Waals surface area contributed by atoms with E-state index in [1.807, 2.05) is 44.1 Å². The van der Waals surface area contributed by atoms with Gasteiger partial charge in [0.15, 0.2) is 5.69 Å². The third-order valence-electron chi connectivity index (χ3n) is 3.56. The van der Waals surface area contributed by atoms with Crippen molar-refractivity contribution in [1.29, 1.82) is 0 Å². The highest BCUT2D eigenvalue weighted by atomic mass is 16.5. The molecule has 0 atom stereocenters. The Balaban J connectivity index is 1.69. The largest absolute Gasteiger partial charge is 0.363 e. The lowest BCUT2D eigenvalue weighted by Crippen LogP contribution is -2.12. The van der Waals surface area contributed by atoms with Crippen LogP contribution in [-0.4, -0.2) is 35.1 Å². The molecule has 0 bridgehead atoms. The first-order valence-corrected chi connectivity index (χ1v) is 8.05. The van der Waals surface area contributed by atoms with E-state index in [0.29, 0.717) is 23.1 Å². The molecule has 0 aliphatic carbocycles. The summed E-state index contributed by atoms with van der Waals surface area (Å²) in [5, 5.41) is 9.71. The van der Waals surface area contributed by atoms with Gasteiger partial charge in [0.2, 0.25) is 0 Å². The molecular weight excluding hydrogens is 332 g/mol. The van der Waals surface area contributed by atoms with E-state index < -0.39 is 0 Å². The van der Waals surface area contributed by atoms with Gasteiger partial charge in [0.05, 0.1) is 0 Å². The van der Waals surface area contributed by atoms with Crippen LogP contribution in [0.2, 0.25) is 0 Å². The van der Waals surface area contributed by atoms with Gasteiger partial charge in [-0.05, 0) is 38.1 Å². The summed E-state index contributed by atoms with van der Waals surface area (Å²) >= 11 is 0. The minimum Gasteiger partial charge on any atom is -0.363 e. The maximum Gasteiger partial charge on any atom is 0.277 e. The first-order chi connectivity index (χ1) is 12.4. The van der Waals surface area contributed by atoms with Crippen molar-refractivity contribution in [1.82, 2.24) is 15.1 Å². The molecule has 0 saturated carbocycles. The summed E-state index contributed by atoms with van der Waals surface area (Å²) in [6.45, 7) is 3.59. The lowest BCUT2D eigenvalue weighted by Gasteiger charge is -2.14. The van der Waals surface area contributed by atoms with Gasteiger partial charge in [0.1, 0.15) is 23.2 Å². The number of anilines is 4. The zero-order valence-electron chi connectivity index (χ0n) is 15.1. The topological polar surface area (TPSA) is 96.2 Å². The Kier molecular flexibility index (Phi) is 4.83. The molecule has 0 saturated heterocycles. The van der Waals surface area contributed by atoms with Crippen molar-refractivity contribution in [2.24, 2.45) is 0 Å². The molecule has 3 rings (SSSR count). The molecular formula is C18H20N6O2. The lowest BCUT2D eigenvalue weighted by molar-refractivity contribution is 0.101. The first kappa shape index (κ1) is 17.4. The molecule has 2 aromatic heterocycles. The smallest absolute Gasteiger partial charge is 0.277 e. The Bertz CT molecular complexity index is 918. The molecule has 8 heteroatoms. The van der Waals surface area contributed by atoms with Gasteiger partial charge in [-0.15, -0.1) is 0 Å². The van der Waals surface area contributed by atoms with Crippen molar-refractivity contribution < 1.29 is 9.32 Å². The third kappa shape index (κ3) is 4.15. The lowest BCUT2D eigenvalue weighted by atomic mass is 10.2. The van der Waals surface area contributed by atoms with Crippen LogP contribution in [0.1, 0.15) is 22.1 Å². The van der Waals surface area contributed by atoms with E-state index in [4.69, 9.17) is 4.52 Å². The zero-order chi connectivity index (χ0) is 18.7. The second-order valence-electron chi connectivity index (χ2n) is 6.03. The van der Waals surface area contributed by atoms with Crippen molar-refractivity contribution in [2.45, 2.75) is 13.8 Å². The van der Waals surface area contributed by atoms with E-state index in [1.54, 1.807) is 25.1 Å². The van der Waals surface area contributed by atoms with Crippen LogP contribution in [0.15, 0.2) is 40.9 Å². The quantitative estimate of drug-likeness (QED) is 0.728. The number of amides is 1. The summed E-state index contributed by atoms with van der Waals surface area (Å²) in [4.78, 5) is 22.7. The van der Waals surface area contributed by atoms with Crippen molar-refractivity contribution in [3.8, 4) is 0 Å². The Morgan fingerprint density at radius 1 is 1.04 bits per heavy atom. The number of nitrogens with one attached hydrogen (secondary N) is 2. The average Bonchev–Trinajstić information content (AvgIpc) is 3.03. The van der Waals surface area contributed by atoms with Gasteiger partial charge in [-0.3, -0.25) is 4.79 Å². The molecule has 3 aromatic rings. The Morgan fingerprint density at radius 2 is 1.73 bits per heavy atom. The van der Waals surface area contributed by atoms with Crippen LogP contribution >= 0.6 is 0 Å². The van der Waals surface area contributed by atoms with E-state index in [-0.39, 0.29) is 11.6 Å². The number of aryl methyl sites for hydroxylation is 2. The van der Waals surface area contributed by atoms with Gasteiger partial charge in [-0.2, -0.15) is 0 Å². The monoisotopic (exact) mass is 352 g/mol. The highest BCUT2D eigenvalue weighted by Gasteiger charge is 2.11. The fourth-order valence-electron chi connectivity index (χ4n) is 2.30. The molecule has 134 valence electrons. The second-order valence-corrected chi connectivity index (χ2v) is 6.03. The fourth-order valence-corrected chi connectivity index (χ4v) is 2.30. The predicted octanol–water partition coefficient (Wildman–Crippen LogP) is 3.14. The number of hydrogen-bond acceptors (Lipinski definition) is 7. The van der Waals surface area contributed by atoms with Gasteiger partial charge in [0, 0.05) is 37.6 Å². The van der Waals surface area contributed by atoms with Crippen LogP contribution in [0.4, 0.5) is 23.0 Å². The van der Waals surface area contributed by atoms with Crippen LogP contribution in [0.25, 0.3) is 0 Å². The summed E-state index contributed by atoms with van der Waals surface area (Å²) in [5.74, 6) is 2.49. The van der Waals surface area contributed by atoms with Crippen molar-refractivity contribution >= 4 is 28.9 Å². The van der Waals surface area contributed by atoms with Crippen LogP contribution in [0, 0.1) is 13.8 Å². The van der Waals surface area contributed by atoms with E-state index in [1.165, 1.54) is 0 Å². The molecule has 8 nitrogen and oxygen atoms in total. The highest BCUT2D eigenvalue weighted by Crippen LogP contribution is 2.20. The Labute approximate surface area is 151 Å². The van der Waals surface area contributed by atoms with E-state index in [0.717, 1.165) is 11.5 Å². The van der Waals surface area contributed by atoms with Crippen molar-refractivity contribution in [3.63, 3.8) is 0 Å². The number of benzene rings is 1. The number of hydrogen-bond donors (Lipinski definition) is 2. The molecule has 2 N–H and O–H groups in total. The number of rotatable bonds is 5. The predicted molar refractivity (Wildman–Crippen MR) is 100 cm³/mol. The average molecular weight is 352 g/mol. The summed E-state index contributed by atoms with van der Waals surface area (Å²) in [6.07, 6.45) is 0. The first-order valence-electron chi connectivity index (χ1n) is 8.05. The Morgan fingerprint density at radius 3 is 2.35 bits per heavy atom. The van der Waals surface area contributed by atoms with E-state index >= 15 is 0 Å². The fraction of sp³-hybridized carbons (Fsp3) is 0.222. The van der Waals surface area contributed by atoms with Crippen LogP contribution in [-0.2, 0) is 0 Å². The van der Waals surface area contributed by atoms with Gasteiger partial charge in [-0.25, -0.2) is 9.97 Å². The van der Waals surface area contributed by atoms with Crippen LogP contribution in [0.5, 0.6) is 0 Å². The van der Waals surface area contributed by atoms with Gasteiger partial charge < -0.3 is 20.1 Å². The molecule has 1 amide bonds. The summed E-state index contributed by atoms with van der Waals surface area (Å²) in [6, 6.07) is 10.8. The molecule has 0 unspecified atom stereocenters. The Hall–Kier alpha value is -3.42. The van der Waals surface area contributed by atoms with Gasteiger partial charge in [-0.1, -0.05) is 5.16 Å². The zero-order valence-corrected chi connectivity index (χ0v) is 15.1. The standard InChI is InChI=1S/C18H20N6O2/c1-11-9-15(23-26-11)18(25)22-14-7-5-13(6-8-14)21-16-10-17(24(3)4)20-12(2)19-16/h5-10H,1-4H3,(H,22,25)(H,19,20,21). The maximum atomic E-state index is 12.1. The van der Waals surface area contributed by atoms with Gasteiger partial charge >= 0.3 is 0 Å².